The summed E-state index contributed by atoms with van der Waals surface area (Å²) in [5.74, 6) is -1.71. The van der Waals surface area contributed by atoms with Crippen molar-refractivity contribution < 1.29 is 23.1 Å². The zero-order chi connectivity index (χ0) is 23.9. The third kappa shape index (κ3) is 6.41. The van der Waals surface area contributed by atoms with Gasteiger partial charge in [-0.25, -0.2) is 13.2 Å². The minimum absolute atomic E-state index is 0.0133. The lowest BCUT2D eigenvalue weighted by molar-refractivity contribution is 0.0698. The zero-order valence-corrected chi connectivity index (χ0v) is 20.1. The van der Waals surface area contributed by atoms with E-state index in [1.165, 1.54) is 36.4 Å². The van der Waals surface area contributed by atoms with Gasteiger partial charge in [0.2, 0.25) is 0 Å². The highest BCUT2D eigenvalue weighted by Gasteiger charge is 2.17. The summed E-state index contributed by atoms with van der Waals surface area (Å²) in [4.78, 5) is 23.9. The number of benzene rings is 3. The number of hydrogen-bond acceptors (Lipinski definition) is 4. The van der Waals surface area contributed by atoms with Crippen molar-refractivity contribution in [2.45, 2.75) is 25.7 Å². The zero-order valence-electron chi connectivity index (χ0n) is 17.7. The minimum Gasteiger partial charge on any atom is -0.478 e. The Morgan fingerprint density at radius 2 is 1.59 bits per heavy atom. The van der Waals surface area contributed by atoms with Crippen LogP contribution in [0.3, 0.4) is 0 Å². The molecule has 0 atom stereocenters. The summed E-state index contributed by atoms with van der Waals surface area (Å²) in [7, 11) is -3.83. The van der Waals surface area contributed by atoms with Crippen molar-refractivity contribution in [1.29, 1.82) is 0 Å². The highest BCUT2D eigenvalue weighted by atomic mass is 79.9. The summed E-state index contributed by atoms with van der Waals surface area (Å²) in [6, 6.07) is 16.7. The highest BCUT2D eigenvalue weighted by Crippen LogP contribution is 2.21. The third-order valence-corrected chi connectivity index (χ3v) is 6.05. The number of sulfonamides is 1. The van der Waals surface area contributed by atoms with Crippen LogP contribution in [0.1, 0.15) is 40.1 Å². The lowest BCUT2D eigenvalue weighted by Gasteiger charge is -2.11. The lowest BCUT2D eigenvalue weighted by atomic mass is 10.1. The Morgan fingerprint density at radius 1 is 0.938 bits per heavy atom. The van der Waals surface area contributed by atoms with E-state index in [-0.39, 0.29) is 21.7 Å². The monoisotopic (exact) mass is 518 g/mol. The molecule has 0 aliphatic carbocycles. The van der Waals surface area contributed by atoms with Crippen LogP contribution in [0.2, 0.25) is 0 Å². The fourth-order valence-corrected chi connectivity index (χ4v) is 4.14. The molecule has 1 amide bonds. The molecule has 0 bridgehead atoms. The van der Waals surface area contributed by atoms with Crippen molar-refractivity contribution in [2.24, 2.45) is 0 Å². The van der Waals surface area contributed by atoms with Crippen LogP contribution in [0.4, 0.5) is 11.4 Å². The molecule has 3 N–H and O–H groups in total. The topological polar surface area (TPSA) is 113 Å². The Hall–Kier alpha value is -3.17. The van der Waals surface area contributed by atoms with Gasteiger partial charge in [0.05, 0.1) is 16.1 Å². The van der Waals surface area contributed by atoms with E-state index >= 15 is 0 Å². The molecule has 0 saturated heterocycles. The van der Waals surface area contributed by atoms with Crippen LogP contribution in [0.25, 0.3) is 0 Å². The quantitative estimate of drug-likeness (QED) is 0.396. The van der Waals surface area contributed by atoms with Crippen molar-refractivity contribution in [3.8, 4) is 0 Å². The molecule has 0 radical (unpaired) electrons. The van der Waals surface area contributed by atoms with Gasteiger partial charge in [-0.2, -0.15) is 0 Å². The Kier molecular flexibility index (Phi) is 8.56. The smallest absolute Gasteiger partial charge is 0.337 e. The van der Waals surface area contributed by atoms with Crippen LogP contribution in [0.15, 0.2) is 76.1 Å². The second kappa shape index (κ2) is 10.9. The predicted molar refractivity (Wildman–Crippen MR) is 129 cm³/mol. The normalized spacial score (nSPS) is 10.5. The molecular formula is C23H23BrN2O5S. The van der Waals surface area contributed by atoms with E-state index in [4.69, 9.17) is 0 Å². The maximum atomic E-state index is 12.5. The first-order valence-corrected chi connectivity index (χ1v) is 12.0. The van der Waals surface area contributed by atoms with Gasteiger partial charge in [0, 0.05) is 15.7 Å². The summed E-state index contributed by atoms with van der Waals surface area (Å²) in [5, 5.41) is 11.9. The Bertz CT molecular complexity index is 1230. The Balaban J connectivity index is 0.00000176. The van der Waals surface area contributed by atoms with E-state index in [9.17, 15) is 23.1 Å². The molecule has 0 aliphatic heterocycles. The first-order chi connectivity index (χ1) is 15.2. The molecule has 0 aliphatic rings. The van der Waals surface area contributed by atoms with E-state index in [0.29, 0.717) is 5.69 Å². The molecule has 3 aromatic rings. The molecule has 0 heterocycles. The van der Waals surface area contributed by atoms with E-state index < -0.39 is 21.9 Å². The highest BCUT2D eigenvalue weighted by molar-refractivity contribution is 9.10. The van der Waals surface area contributed by atoms with Gasteiger partial charge in [-0.15, -0.1) is 0 Å². The summed E-state index contributed by atoms with van der Waals surface area (Å²) >= 11 is 3.28. The number of hydrogen-bond donors (Lipinski definition) is 3. The van der Waals surface area contributed by atoms with Crippen LogP contribution in [-0.4, -0.2) is 25.4 Å². The van der Waals surface area contributed by atoms with Crippen LogP contribution in [0, 0.1) is 6.92 Å². The molecule has 168 valence electrons. The molecule has 0 aromatic heterocycles. The molecule has 3 rings (SSSR count). The largest absolute Gasteiger partial charge is 0.478 e. The standard InChI is InChI=1S/C21H17BrN2O5S.C2H6/c1-13-5-10-19(18(11-13)21(26)27)23-20(25)14-6-8-17(9-7-14)30(28,29)24-16-4-2-3-15(22)12-16;1-2/h2-12,24H,1H3,(H,23,25)(H,26,27);1-2H3. The Morgan fingerprint density at radius 3 is 2.19 bits per heavy atom. The fourth-order valence-electron chi connectivity index (χ4n) is 2.69. The maximum absolute atomic E-state index is 12.5. The second-order valence-corrected chi connectivity index (χ2v) is 9.05. The summed E-state index contributed by atoms with van der Waals surface area (Å²) in [6.07, 6.45) is 0. The fraction of sp³-hybridized carbons (Fsp3) is 0.130. The summed E-state index contributed by atoms with van der Waals surface area (Å²) in [6.45, 7) is 5.75. The van der Waals surface area contributed by atoms with Gasteiger partial charge >= 0.3 is 5.97 Å². The molecule has 7 nitrogen and oxygen atoms in total. The average Bonchev–Trinajstić information content (AvgIpc) is 2.76. The van der Waals surface area contributed by atoms with Gasteiger partial charge < -0.3 is 10.4 Å². The number of halogens is 1. The van der Waals surface area contributed by atoms with Crippen LogP contribution >= 0.6 is 15.9 Å². The maximum Gasteiger partial charge on any atom is 0.337 e. The van der Waals surface area contributed by atoms with Crippen molar-refractivity contribution in [2.75, 3.05) is 10.0 Å². The van der Waals surface area contributed by atoms with Crippen molar-refractivity contribution in [3.63, 3.8) is 0 Å². The van der Waals surface area contributed by atoms with Crippen LogP contribution in [0.5, 0.6) is 0 Å². The van der Waals surface area contributed by atoms with Crippen molar-refractivity contribution >= 4 is 49.2 Å². The van der Waals surface area contributed by atoms with Gasteiger partial charge in [-0.05, 0) is 61.5 Å². The number of anilines is 2. The second-order valence-electron chi connectivity index (χ2n) is 6.45. The minimum atomic E-state index is -3.83. The molecule has 9 heteroatoms. The van der Waals surface area contributed by atoms with Crippen molar-refractivity contribution in [1.82, 2.24) is 0 Å². The molecule has 32 heavy (non-hydrogen) atoms. The molecule has 3 aromatic carbocycles. The number of carboxylic acid groups (broad SMARTS) is 1. The summed E-state index contributed by atoms with van der Waals surface area (Å²) in [5.41, 5.74) is 1.46. The van der Waals surface area contributed by atoms with Gasteiger partial charge in [0.1, 0.15) is 0 Å². The molecular weight excluding hydrogens is 496 g/mol. The number of carboxylic acids is 1. The van der Waals surface area contributed by atoms with Gasteiger partial charge in [0.25, 0.3) is 15.9 Å². The first-order valence-electron chi connectivity index (χ1n) is 9.69. The Labute approximate surface area is 195 Å². The number of amides is 1. The van der Waals surface area contributed by atoms with Gasteiger partial charge in [-0.1, -0.05) is 47.5 Å². The number of rotatable bonds is 6. The molecule has 0 fully saturated rings. The van der Waals surface area contributed by atoms with Crippen molar-refractivity contribution in [3.05, 3.63) is 87.9 Å². The number of carbonyl (C=O) groups excluding carboxylic acids is 1. The molecule has 0 saturated carbocycles. The first kappa shape index (κ1) is 25.1. The van der Waals surface area contributed by atoms with Gasteiger partial charge in [-0.3, -0.25) is 9.52 Å². The van der Waals surface area contributed by atoms with E-state index in [1.54, 1.807) is 37.3 Å². The van der Waals surface area contributed by atoms with Crippen LogP contribution in [-0.2, 0) is 10.0 Å². The predicted octanol–water partition coefficient (Wildman–Crippen LogP) is 5.54. The molecule has 0 unspecified atom stereocenters. The number of carbonyl (C=O) groups is 2. The van der Waals surface area contributed by atoms with Crippen LogP contribution < -0.4 is 10.0 Å². The van der Waals surface area contributed by atoms with E-state index in [1.807, 2.05) is 13.8 Å². The average molecular weight is 519 g/mol. The lowest BCUT2D eigenvalue weighted by Crippen LogP contribution is -2.16. The van der Waals surface area contributed by atoms with E-state index in [0.717, 1.165) is 10.0 Å². The van der Waals surface area contributed by atoms with E-state index in [2.05, 4.69) is 26.0 Å². The number of aryl methyl sites for hydroxylation is 1. The summed E-state index contributed by atoms with van der Waals surface area (Å²) < 4.78 is 28.3. The number of nitrogens with one attached hydrogen (secondary N) is 2. The number of aromatic carboxylic acids is 1. The SMILES string of the molecule is CC.Cc1ccc(NC(=O)c2ccc(S(=O)(=O)Nc3cccc(Br)c3)cc2)c(C(=O)O)c1. The van der Waals surface area contributed by atoms with Gasteiger partial charge in [0.15, 0.2) is 0 Å². The third-order valence-electron chi connectivity index (χ3n) is 4.16. The molecule has 0 spiro atoms.